The van der Waals surface area contributed by atoms with Crippen molar-refractivity contribution in [3.8, 4) is 17.2 Å². The molecule has 1 amide bonds. The molecule has 28 heavy (non-hydrogen) atoms. The summed E-state index contributed by atoms with van der Waals surface area (Å²) in [6.07, 6.45) is -4.37. The van der Waals surface area contributed by atoms with Crippen molar-refractivity contribution in [2.75, 3.05) is 5.32 Å². The third-order valence-corrected chi connectivity index (χ3v) is 3.90. The average Bonchev–Trinajstić information content (AvgIpc) is 3.11. The zero-order valence-corrected chi connectivity index (χ0v) is 14.7. The van der Waals surface area contributed by atoms with Gasteiger partial charge in [0.1, 0.15) is 5.75 Å². The van der Waals surface area contributed by atoms with E-state index >= 15 is 0 Å². The van der Waals surface area contributed by atoms with Crippen LogP contribution in [-0.2, 0) is 17.4 Å². The Hall–Kier alpha value is -3.36. The summed E-state index contributed by atoms with van der Waals surface area (Å²) in [4.78, 5) is 12.0. The van der Waals surface area contributed by atoms with E-state index in [1.807, 2.05) is 6.92 Å². The molecule has 6 nitrogen and oxygen atoms in total. The highest BCUT2D eigenvalue weighted by atomic mass is 19.4. The van der Waals surface area contributed by atoms with Crippen LogP contribution >= 0.6 is 0 Å². The molecule has 9 heteroatoms. The number of phenols is 1. The Kier molecular flexibility index (Phi) is 5.34. The fraction of sp³-hybridized carbons (Fsp3) is 0.211. The van der Waals surface area contributed by atoms with Gasteiger partial charge in [0.15, 0.2) is 0 Å². The number of rotatable bonds is 5. The maximum atomic E-state index is 12.8. The van der Waals surface area contributed by atoms with Crippen LogP contribution in [0.15, 0.2) is 46.9 Å². The van der Waals surface area contributed by atoms with Gasteiger partial charge in [0, 0.05) is 18.4 Å². The number of benzene rings is 2. The van der Waals surface area contributed by atoms with Gasteiger partial charge in [-0.1, -0.05) is 12.1 Å². The summed E-state index contributed by atoms with van der Waals surface area (Å²) in [5, 5.41) is 19.9. The first-order valence-electron chi connectivity index (χ1n) is 8.32. The molecule has 0 atom stereocenters. The standard InChI is InChI=1S/C19H16F3N3O3/c1-11-5-6-14(15(26)9-11)23-16(27)7-8-17-24-25-18(28-17)12-3-2-4-13(10-12)19(20,21)22/h2-6,9-10,26H,7-8H2,1H3,(H,23,27). The summed E-state index contributed by atoms with van der Waals surface area (Å²) < 4.78 is 43.8. The number of aryl methyl sites for hydroxylation is 2. The predicted molar refractivity (Wildman–Crippen MR) is 94.5 cm³/mol. The maximum absolute atomic E-state index is 12.8. The molecular weight excluding hydrogens is 375 g/mol. The van der Waals surface area contributed by atoms with Crippen LogP contribution in [0, 0.1) is 6.92 Å². The van der Waals surface area contributed by atoms with Gasteiger partial charge < -0.3 is 14.8 Å². The van der Waals surface area contributed by atoms with Crippen molar-refractivity contribution in [2.45, 2.75) is 25.9 Å². The van der Waals surface area contributed by atoms with Crippen LogP contribution in [0.3, 0.4) is 0 Å². The summed E-state index contributed by atoms with van der Waals surface area (Å²) in [7, 11) is 0. The van der Waals surface area contributed by atoms with E-state index < -0.39 is 11.7 Å². The van der Waals surface area contributed by atoms with Crippen molar-refractivity contribution in [2.24, 2.45) is 0 Å². The number of aromatic nitrogens is 2. The topological polar surface area (TPSA) is 88.3 Å². The van der Waals surface area contributed by atoms with Crippen molar-refractivity contribution in [1.82, 2.24) is 10.2 Å². The van der Waals surface area contributed by atoms with E-state index in [1.165, 1.54) is 18.2 Å². The molecule has 3 rings (SSSR count). The Morgan fingerprint density at radius 3 is 2.68 bits per heavy atom. The lowest BCUT2D eigenvalue weighted by Crippen LogP contribution is -2.12. The monoisotopic (exact) mass is 391 g/mol. The molecule has 0 radical (unpaired) electrons. The number of halogens is 3. The molecular formula is C19H16F3N3O3. The maximum Gasteiger partial charge on any atom is 0.416 e. The molecule has 1 aromatic heterocycles. The molecule has 2 aromatic carbocycles. The van der Waals surface area contributed by atoms with E-state index in [-0.39, 0.29) is 47.5 Å². The van der Waals surface area contributed by atoms with Gasteiger partial charge in [-0.2, -0.15) is 13.2 Å². The second-order valence-electron chi connectivity index (χ2n) is 6.15. The van der Waals surface area contributed by atoms with Crippen molar-refractivity contribution < 1.29 is 27.5 Å². The van der Waals surface area contributed by atoms with E-state index in [0.29, 0.717) is 0 Å². The Balaban J connectivity index is 1.63. The molecule has 0 aliphatic heterocycles. The van der Waals surface area contributed by atoms with E-state index in [1.54, 1.807) is 12.1 Å². The Bertz CT molecular complexity index is 999. The molecule has 0 saturated carbocycles. The number of aromatic hydroxyl groups is 1. The number of phenolic OH excluding ortho intramolecular Hbond substituents is 1. The smallest absolute Gasteiger partial charge is 0.416 e. The third kappa shape index (κ3) is 4.67. The van der Waals surface area contributed by atoms with E-state index in [9.17, 15) is 23.1 Å². The number of nitrogens with zero attached hydrogens (tertiary/aromatic N) is 2. The molecule has 0 unspecified atom stereocenters. The van der Waals surface area contributed by atoms with Crippen LogP contribution in [0.1, 0.15) is 23.4 Å². The normalized spacial score (nSPS) is 11.4. The van der Waals surface area contributed by atoms with Gasteiger partial charge in [0.2, 0.25) is 17.7 Å². The Morgan fingerprint density at radius 1 is 1.18 bits per heavy atom. The van der Waals surface area contributed by atoms with Crippen LogP contribution < -0.4 is 5.32 Å². The first-order valence-corrected chi connectivity index (χ1v) is 8.32. The lowest BCUT2D eigenvalue weighted by Gasteiger charge is -2.07. The molecule has 0 fully saturated rings. The number of hydrogen-bond donors (Lipinski definition) is 2. The summed E-state index contributed by atoms with van der Waals surface area (Å²) in [6, 6.07) is 9.41. The minimum Gasteiger partial charge on any atom is -0.506 e. The quantitative estimate of drug-likeness (QED) is 0.632. The van der Waals surface area contributed by atoms with Crippen LogP contribution in [0.5, 0.6) is 5.75 Å². The average molecular weight is 391 g/mol. The highest BCUT2D eigenvalue weighted by Gasteiger charge is 2.30. The summed E-state index contributed by atoms with van der Waals surface area (Å²) >= 11 is 0. The summed E-state index contributed by atoms with van der Waals surface area (Å²) in [6.45, 7) is 1.81. The number of carbonyl (C=O) groups excluding carboxylic acids is 1. The number of alkyl halides is 3. The van der Waals surface area contributed by atoms with Crippen molar-refractivity contribution in [1.29, 1.82) is 0 Å². The largest absolute Gasteiger partial charge is 0.506 e. The number of carbonyl (C=O) groups is 1. The summed E-state index contributed by atoms with van der Waals surface area (Å²) in [5.41, 5.74) is 0.457. The molecule has 0 bridgehead atoms. The lowest BCUT2D eigenvalue weighted by molar-refractivity contribution is -0.137. The minimum atomic E-state index is -4.47. The fourth-order valence-corrected chi connectivity index (χ4v) is 2.48. The number of amides is 1. The van der Waals surface area contributed by atoms with Crippen molar-refractivity contribution in [3.63, 3.8) is 0 Å². The van der Waals surface area contributed by atoms with Gasteiger partial charge in [-0.3, -0.25) is 4.79 Å². The third-order valence-electron chi connectivity index (χ3n) is 3.90. The van der Waals surface area contributed by atoms with E-state index in [4.69, 9.17) is 4.42 Å². The number of hydrogen-bond acceptors (Lipinski definition) is 5. The minimum absolute atomic E-state index is 0.00244. The highest BCUT2D eigenvalue weighted by molar-refractivity contribution is 5.92. The zero-order valence-electron chi connectivity index (χ0n) is 14.7. The Labute approximate surface area is 158 Å². The zero-order chi connectivity index (χ0) is 20.3. The summed E-state index contributed by atoms with van der Waals surface area (Å²) in [5.74, 6) is -0.357. The van der Waals surface area contributed by atoms with Crippen LogP contribution in [-0.4, -0.2) is 21.2 Å². The SMILES string of the molecule is Cc1ccc(NC(=O)CCc2nnc(-c3cccc(C(F)(F)F)c3)o2)c(O)c1. The second-order valence-corrected chi connectivity index (χ2v) is 6.15. The fourth-order valence-electron chi connectivity index (χ4n) is 2.48. The molecule has 3 aromatic rings. The van der Waals surface area contributed by atoms with Gasteiger partial charge in [-0.05, 0) is 42.8 Å². The molecule has 1 heterocycles. The van der Waals surface area contributed by atoms with Gasteiger partial charge >= 0.3 is 6.18 Å². The van der Waals surface area contributed by atoms with E-state index in [2.05, 4.69) is 15.5 Å². The van der Waals surface area contributed by atoms with Crippen LogP contribution in [0.4, 0.5) is 18.9 Å². The molecule has 146 valence electrons. The van der Waals surface area contributed by atoms with Crippen LogP contribution in [0.25, 0.3) is 11.5 Å². The van der Waals surface area contributed by atoms with Crippen molar-refractivity contribution in [3.05, 3.63) is 59.5 Å². The first kappa shape index (κ1) is 19.4. The number of nitrogens with one attached hydrogen (secondary N) is 1. The molecule has 2 N–H and O–H groups in total. The van der Waals surface area contributed by atoms with Gasteiger partial charge in [0.25, 0.3) is 0 Å². The molecule has 0 spiro atoms. The van der Waals surface area contributed by atoms with Gasteiger partial charge in [0.05, 0.1) is 11.3 Å². The van der Waals surface area contributed by atoms with Gasteiger partial charge in [-0.15, -0.1) is 10.2 Å². The molecule has 0 aliphatic carbocycles. The second kappa shape index (κ2) is 7.71. The Morgan fingerprint density at radius 2 is 1.96 bits per heavy atom. The first-order chi connectivity index (χ1) is 13.2. The molecule has 0 saturated heterocycles. The van der Waals surface area contributed by atoms with Crippen LogP contribution in [0.2, 0.25) is 0 Å². The highest BCUT2D eigenvalue weighted by Crippen LogP contribution is 2.32. The molecule has 0 aliphatic rings. The number of anilines is 1. The lowest BCUT2D eigenvalue weighted by atomic mass is 10.1. The van der Waals surface area contributed by atoms with Gasteiger partial charge in [-0.25, -0.2) is 0 Å². The van der Waals surface area contributed by atoms with E-state index in [0.717, 1.165) is 17.7 Å². The van der Waals surface area contributed by atoms with Crippen molar-refractivity contribution >= 4 is 11.6 Å². The predicted octanol–water partition coefficient (Wildman–Crippen LogP) is 4.34.